The summed E-state index contributed by atoms with van der Waals surface area (Å²) in [7, 11) is 0. The molecule has 1 aromatic rings. The molecule has 0 amide bonds. The fourth-order valence-corrected chi connectivity index (χ4v) is 3.75. The van der Waals surface area contributed by atoms with Crippen LogP contribution in [0.25, 0.3) is 0 Å². The molecule has 0 unspecified atom stereocenters. The molecule has 0 fully saturated rings. The van der Waals surface area contributed by atoms with E-state index in [0.29, 0.717) is 0 Å². The van der Waals surface area contributed by atoms with Crippen LogP contribution in [0.15, 0.2) is 24.3 Å². The number of hydrogen-bond acceptors (Lipinski definition) is 1. The highest BCUT2D eigenvalue weighted by Gasteiger charge is 2.07. The largest absolute Gasteiger partial charge is 0.372 e. The van der Waals surface area contributed by atoms with Crippen LogP contribution >= 0.6 is 12.4 Å². The first-order valence-corrected chi connectivity index (χ1v) is 11.2. The maximum atomic E-state index is 2.48. The lowest BCUT2D eigenvalue weighted by Gasteiger charge is -2.24. The molecule has 1 rings (SSSR count). The number of para-hydroxylation sites is 1. The second kappa shape index (κ2) is 17.7. The lowest BCUT2D eigenvalue weighted by Crippen LogP contribution is -2.23. The quantitative estimate of drug-likeness (QED) is 0.261. The molecule has 0 heterocycles. The van der Waals surface area contributed by atoms with Gasteiger partial charge in [-0.25, -0.2) is 0 Å². The van der Waals surface area contributed by atoms with Crippen LogP contribution in [0.3, 0.4) is 0 Å². The van der Waals surface area contributed by atoms with Crippen molar-refractivity contribution in [1.29, 1.82) is 0 Å². The van der Waals surface area contributed by atoms with Crippen molar-refractivity contribution in [3.63, 3.8) is 0 Å². The van der Waals surface area contributed by atoms with Gasteiger partial charge in [0, 0.05) is 18.8 Å². The average molecular weight is 382 g/mol. The van der Waals surface area contributed by atoms with Crippen LogP contribution in [-0.2, 0) is 6.42 Å². The van der Waals surface area contributed by atoms with Gasteiger partial charge in [0.15, 0.2) is 0 Å². The summed E-state index contributed by atoms with van der Waals surface area (Å²) in [4.78, 5) is 2.48. The monoisotopic (exact) mass is 381 g/mol. The van der Waals surface area contributed by atoms with Gasteiger partial charge in [-0.1, -0.05) is 95.8 Å². The van der Waals surface area contributed by atoms with Gasteiger partial charge in [-0.2, -0.15) is 0 Å². The maximum Gasteiger partial charge on any atom is 0.0398 e. The van der Waals surface area contributed by atoms with Gasteiger partial charge in [0.05, 0.1) is 0 Å². The average Bonchev–Trinajstić information content (AvgIpc) is 2.64. The van der Waals surface area contributed by atoms with E-state index in [9.17, 15) is 0 Å². The summed E-state index contributed by atoms with van der Waals surface area (Å²) in [5.41, 5.74) is 2.99. The molecule has 0 aliphatic carbocycles. The van der Waals surface area contributed by atoms with E-state index in [4.69, 9.17) is 0 Å². The SMILES string of the molecule is CCCCCCCCCCCCCCc1ccccc1N(CC)CC.Cl. The number of halogens is 1. The summed E-state index contributed by atoms with van der Waals surface area (Å²) < 4.78 is 0. The molecule has 0 N–H and O–H groups in total. The van der Waals surface area contributed by atoms with Crippen molar-refractivity contribution in [3.05, 3.63) is 29.8 Å². The number of rotatable bonds is 16. The molecule has 26 heavy (non-hydrogen) atoms. The fourth-order valence-electron chi connectivity index (χ4n) is 3.75. The van der Waals surface area contributed by atoms with Crippen molar-refractivity contribution in [2.75, 3.05) is 18.0 Å². The lowest BCUT2D eigenvalue weighted by molar-refractivity contribution is 0.544. The normalized spacial score (nSPS) is 10.6. The van der Waals surface area contributed by atoms with Crippen molar-refractivity contribution in [2.24, 2.45) is 0 Å². The minimum Gasteiger partial charge on any atom is -0.372 e. The molecular formula is C24H44ClN. The van der Waals surface area contributed by atoms with Crippen LogP contribution in [0.4, 0.5) is 5.69 Å². The third-order valence-electron chi connectivity index (χ3n) is 5.40. The second-order valence-electron chi connectivity index (χ2n) is 7.44. The van der Waals surface area contributed by atoms with Crippen LogP contribution in [0.2, 0.25) is 0 Å². The van der Waals surface area contributed by atoms with Gasteiger partial charge in [0.1, 0.15) is 0 Å². The van der Waals surface area contributed by atoms with Gasteiger partial charge < -0.3 is 4.90 Å². The lowest BCUT2D eigenvalue weighted by atomic mass is 10.0. The van der Waals surface area contributed by atoms with Gasteiger partial charge in [0.25, 0.3) is 0 Å². The fraction of sp³-hybridized carbons (Fsp3) is 0.750. The predicted molar refractivity (Wildman–Crippen MR) is 122 cm³/mol. The van der Waals surface area contributed by atoms with E-state index >= 15 is 0 Å². The molecule has 0 aliphatic heterocycles. The molecule has 152 valence electrons. The van der Waals surface area contributed by atoms with Crippen LogP contribution in [0.1, 0.15) is 103 Å². The Morgan fingerprint density at radius 3 is 1.58 bits per heavy atom. The molecule has 2 heteroatoms. The summed E-state index contributed by atoms with van der Waals surface area (Å²) in [6.07, 6.45) is 18.4. The molecule has 0 aliphatic rings. The Morgan fingerprint density at radius 2 is 1.08 bits per heavy atom. The Labute approximate surface area is 170 Å². The van der Waals surface area contributed by atoms with E-state index in [-0.39, 0.29) is 12.4 Å². The third kappa shape index (κ3) is 11.1. The van der Waals surface area contributed by atoms with Gasteiger partial charge >= 0.3 is 0 Å². The van der Waals surface area contributed by atoms with Gasteiger partial charge in [-0.15, -0.1) is 12.4 Å². The zero-order chi connectivity index (χ0) is 18.2. The summed E-state index contributed by atoms with van der Waals surface area (Å²) in [6.45, 7) is 9.01. The summed E-state index contributed by atoms with van der Waals surface area (Å²) >= 11 is 0. The Hall–Kier alpha value is -0.690. The second-order valence-corrected chi connectivity index (χ2v) is 7.44. The van der Waals surface area contributed by atoms with Crippen molar-refractivity contribution < 1.29 is 0 Å². The van der Waals surface area contributed by atoms with Crippen molar-refractivity contribution in [3.8, 4) is 0 Å². The minimum atomic E-state index is 0. The highest BCUT2D eigenvalue weighted by Crippen LogP contribution is 2.22. The van der Waals surface area contributed by atoms with Gasteiger partial charge in [-0.05, 0) is 38.3 Å². The van der Waals surface area contributed by atoms with Crippen LogP contribution in [0, 0.1) is 0 Å². The summed E-state index contributed by atoms with van der Waals surface area (Å²) in [6, 6.07) is 9.00. The zero-order valence-electron chi connectivity index (χ0n) is 17.8. The first-order chi connectivity index (χ1) is 12.3. The summed E-state index contributed by atoms with van der Waals surface area (Å²) in [5.74, 6) is 0. The maximum absolute atomic E-state index is 2.48. The molecule has 0 saturated carbocycles. The van der Waals surface area contributed by atoms with Gasteiger partial charge in [-0.3, -0.25) is 0 Å². The molecule has 0 saturated heterocycles. The summed E-state index contributed by atoms with van der Waals surface area (Å²) in [5, 5.41) is 0. The Balaban J connectivity index is 0.00000625. The number of hydrogen-bond donors (Lipinski definition) is 0. The number of aryl methyl sites for hydroxylation is 1. The van der Waals surface area contributed by atoms with E-state index in [1.54, 1.807) is 5.56 Å². The topological polar surface area (TPSA) is 3.24 Å². The molecule has 0 aromatic heterocycles. The minimum absolute atomic E-state index is 0. The molecule has 0 radical (unpaired) electrons. The zero-order valence-corrected chi connectivity index (χ0v) is 18.6. The first kappa shape index (κ1) is 25.3. The highest BCUT2D eigenvalue weighted by atomic mass is 35.5. The van der Waals surface area contributed by atoms with Crippen LogP contribution < -0.4 is 4.90 Å². The van der Waals surface area contributed by atoms with E-state index in [2.05, 4.69) is 49.9 Å². The van der Waals surface area contributed by atoms with Crippen molar-refractivity contribution in [2.45, 2.75) is 104 Å². The Kier molecular flexibility index (Phi) is 17.2. The highest BCUT2D eigenvalue weighted by molar-refractivity contribution is 5.85. The van der Waals surface area contributed by atoms with E-state index in [0.717, 1.165) is 13.1 Å². The Morgan fingerprint density at radius 1 is 0.615 bits per heavy atom. The van der Waals surface area contributed by atoms with Crippen LogP contribution in [0.5, 0.6) is 0 Å². The van der Waals surface area contributed by atoms with E-state index in [1.807, 2.05) is 0 Å². The number of benzene rings is 1. The Bertz CT molecular complexity index is 414. The third-order valence-corrected chi connectivity index (χ3v) is 5.40. The van der Waals surface area contributed by atoms with E-state index < -0.39 is 0 Å². The predicted octanol–water partition coefficient (Wildman–Crippen LogP) is 8.20. The smallest absolute Gasteiger partial charge is 0.0398 e. The van der Waals surface area contributed by atoms with Gasteiger partial charge in [0.2, 0.25) is 0 Å². The van der Waals surface area contributed by atoms with E-state index in [1.165, 1.54) is 89.2 Å². The van der Waals surface area contributed by atoms with Crippen LogP contribution in [-0.4, -0.2) is 13.1 Å². The van der Waals surface area contributed by atoms with Crippen molar-refractivity contribution >= 4 is 18.1 Å². The number of anilines is 1. The molecule has 0 bridgehead atoms. The molecule has 1 aromatic carbocycles. The molecule has 0 atom stereocenters. The number of nitrogens with zero attached hydrogens (tertiary/aromatic N) is 1. The number of unbranched alkanes of at least 4 members (excludes halogenated alkanes) is 11. The first-order valence-electron chi connectivity index (χ1n) is 11.2. The molecular weight excluding hydrogens is 338 g/mol. The van der Waals surface area contributed by atoms with Crippen molar-refractivity contribution in [1.82, 2.24) is 0 Å². The molecule has 0 spiro atoms. The molecule has 1 nitrogen and oxygen atoms in total. The standard InChI is InChI=1S/C24H43N.ClH/c1-4-7-8-9-10-11-12-13-14-15-16-17-20-23-21-18-19-22-24(23)25(5-2)6-3;/h18-19,21-22H,4-17,20H2,1-3H3;1H.